The molecule has 3 aromatic rings. The third-order valence-electron chi connectivity index (χ3n) is 7.03. The van der Waals surface area contributed by atoms with Crippen molar-refractivity contribution in [2.75, 3.05) is 19.8 Å². The Kier molecular flexibility index (Phi) is 9.08. The maximum atomic E-state index is 12.9. The van der Waals surface area contributed by atoms with Crippen molar-refractivity contribution in [2.24, 2.45) is 0 Å². The number of carbonyl (C=O) groups excluding carboxylic acids is 1. The Morgan fingerprint density at radius 3 is 2.48 bits per heavy atom. The van der Waals surface area contributed by atoms with Crippen molar-refractivity contribution in [3.8, 4) is 11.3 Å². The molecule has 4 rings (SSSR count). The van der Waals surface area contributed by atoms with Gasteiger partial charge >= 0.3 is 5.97 Å². The maximum Gasteiger partial charge on any atom is 0.321 e. The van der Waals surface area contributed by atoms with E-state index in [-0.39, 0.29) is 49.9 Å². The standard InChI is InChI=1S/C27H33N3O8S2/c1-16-7-9-18(10-8-16)24-23(25(31)28-2)20-14-19(17-11-12-17)21(29-26(20)38-24)15-30(39(34)35)13-5-4-6-22(27(32)33)40(3,36)37/h7-10,14,17,22H,4-6,11-13,15H2,1-3H3,(H,28,31)(H,32,33)(H,34,35)/p-1. The van der Waals surface area contributed by atoms with Crippen molar-refractivity contribution in [3.63, 3.8) is 0 Å². The number of aryl methyl sites for hydroxylation is 1. The minimum absolute atomic E-state index is 0.0395. The van der Waals surface area contributed by atoms with Gasteiger partial charge in [0.25, 0.3) is 5.91 Å². The van der Waals surface area contributed by atoms with Crippen LogP contribution in [0.25, 0.3) is 22.4 Å². The molecular weight excluding hydrogens is 558 g/mol. The zero-order chi connectivity index (χ0) is 29.2. The first-order chi connectivity index (χ1) is 18.9. The average molecular weight is 591 g/mol. The van der Waals surface area contributed by atoms with Crippen LogP contribution in [0.4, 0.5) is 0 Å². The van der Waals surface area contributed by atoms with Gasteiger partial charge in [-0.1, -0.05) is 36.2 Å². The number of unbranched alkanes of at least 4 members (excludes halogenated alkanes) is 1. The maximum absolute atomic E-state index is 12.9. The van der Waals surface area contributed by atoms with Gasteiger partial charge in [-0.15, -0.1) is 0 Å². The highest BCUT2D eigenvalue weighted by atomic mass is 32.2. The van der Waals surface area contributed by atoms with Crippen LogP contribution >= 0.6 is 0 Å². The molecule has 1 saturated carbocycles. The predicted molar refractivity (Wildman–Crippen MR) is 149 cm³/mol. The Labute approximate surface area is 235 Å². The van der Waals surface area contributed by atoms with Crippen LogP contribution in [0.1, 0.15) is 65.2 Å². The molecule has 2 atom stereocenters. The molecule has 216 valence electrons. The number of carboxylic acids is 1. The van der Waals surface area contributed by atoms with E-state index < -0.39 is 32.3 Å². The topological polar surface area (TPSA) is 170 Å². The summed E-state index contributed by atoms with van der Waals surface area (Å²) in [4.78, 5) is 28.9. The van der Waals surface area contributed by atoms with Crippen LogP contribution < -0.4 is 5.32 Å². The van der Waals surface area contributed by atoms with Crippen molar-refractivity contribution >= 4 is 44.1 Å². The number of nitrogens with one attached hydrogen (secondary N) is 1. The number of amides is 1. The van der Waals surface area contributed by atoms with E-state index in [1.54, 1.807) is 7.05 Å². The summed E-state index contributed by atoms with van der Waals surface area (Å²) < 4.78 is 54.9. The van der Waals surface area contributed by atoms with Crippen molar-refractivity contribution in [3.05, 3.63) is 52.7 Å². The highest BCUT2D eigenvalue weighted by Gasteiger charge is 2.31. The number of pyridine rings is 1. The summed E-state index contributed by atoms with van der Waals surface area (Å²) in [6, 6.07) is 9.43. The zero-order valence-corrected chi connectivity index (χ0v) is 24.1. The van der Waals surface area contributed by atoms with Crippen LogP contribution in [-0.4, -0.2) is 68.5 Å². The molecule has 0 saturated heterocycles. The van der Waals surface area contributed by atoms with Crippen LogP contribution in [0.15, 0.2) is 34.7 Å². The molecule has 0 radical (unpaired) electrons. The number of fused-ring (bicyclic) bond motifs is 1. The van der Waals surface area contributed by atoms with Crippen LogP contribution in [0.2, 0.25) is 0 Å². The summed E-state index contributed by atoms with van der Waals surface area (Å²) in [5.74, 6) is -1.17. The van der Waals surface area contributed by atoms with Crippen LogP contribution in [0, 0.1) is 6.92 Å². The van der Waals surface area contributed by atoms with Gasteiger partial charge < -0.3 is 19.4 Å². The number of nitrogens with zero attached hydrogens (tertiary/aromatic N) is 2. The molecule has 1 fully saturated rings. The zero-order valence-electron chi connectivity index (χ0n) is 22.5. The summed E-state index contributed by atoms with van der Waals surface area (Å²) in [5, 5.41) is 10.9. The van der Waals surface area contributed by atoms with E-state index in [1.807, 2.05) is 37.3 Å². The highest BCUT2D eigenvalue weighted by molar-refractivity contribution is 7.92. The van der Waals surface area contributed by atoms with Gasteiger partial charge in [-0.05, 0) is 50.2 Å². The fourth-order valence-electron chi connectivity index (χ4n) is 4.72. The second-order valence-electron chi connectivity index (χ2n) is 10.1. The number of benzene rings is 1. The third kappa shape index (κ3) is 6.77. The molecule has 0 aliphatic heterocycles. The van der Waals surface area contributed by atoms with Gasteiger partial charge in [-0.3, -0.25) is 13.8 Å². The van der Waals surface area contributed by atoms with Gasteiger partial charge in [0, 0.05) is 36.7 Å². The molecule has 1 amide bonds. The van der Waals surface area contributed by atoms with E-state index in [1.165, 1.54) is 4.31 Å². The number of sulfone groups is 1. The van der Waals surface area contributed by atoms with E-state index in [9.17, 15) is 31.9 Å². The van der Waals surface area contributed by atoms with Crippen LogP contribution in [-0.2, 0) is 32.4 Å². The summed E-state index contributed by atoms with van der Waals surface area (Å²) in [7, 11) is -2.23. The van der Waals surface area contributed by atoms with Gasteiger partial charge in [-0.25, -0.2) is 17.7 Å². The van der Waals surface area contributed by atoms with E-state index in [2.05, 4.69) is 5.32 Å². The lowest BCUT2D eigenvalue weighted by molar-refractivity contribution is -0.136. The van der Waals surface area contributed by atoms with Crippen molar-refractivity contribution in [2.45, 2.75) is 56.7 Å². The molecule has 1 aliphatic rings. The first-order valence-corrected chi connectivity index (χ1v) is 15.9. The second kappa shape index (κ2) is 12.2. The minimum atomic E-state index is -3.77. The Morgan fingerprint density at radius 2 is 1.93 bits per heavy atom. The van der Waals surface area contributed by atoms with E-state index in [0.717, 1.165) is 30.2 Å². The summed E-state index contributed by atoms with van der Waals surface area (Å²) in [6.07, 6.45) is 3.09. The van der Waals surface area contributed by atoms with E-state index in [0.29, 0.717) is 28.0 Å². The van der Waals surface area contributed by atoms with Crippen LogP contribution in [0.3, 0.4) is 0 Å². The highest BCUT2D eigenvalue weighted by Crippen LogP contribution is 2.44. The number of furan rings is 1. The number of hydrogen-bond acceptors (Lipinski definition) is 8. The molecule has 11 nitrogen and oxygen atoms in total. The molecule has 0 spiro atoms. The molecule has 1 aromatic carbocycles. The number of rotatable bonds is 13. The molecule has 0 bridgehead atoms. The quantitative estimate of drug-likeness (QED) is 0.224. The van der Waals surface area contributed by atoms with Crippen molar-refractivity contribution in [1.82, 2.24) is 14.6 Å². The third-order valence-corrected chi connectivity index (χ3v) is 9.24. The van der Waals surface area contributed by atoms with Gasteiger partial charge in [-0.2, -0.15) is 0 Å². The number of aliphatic carboxylic acids is 1. The second-order valence-corrected chi connectivity index (χ2v) is 13.3. The lowest BCUT2D eigenvalue weighted by Gasteiger charge is -2.25. The Balaban J connectivity index is 1.63. The molecule has 2 heterocycles. The Hall–Kier alpha value is -3.13. The summed E-state index contributed by atoms with van der Waals surface area (Å²) in [5.41, 5.74) is 3.73. The molecule has 1 aliphatic carbocycles. The van der Waals surface area contributed by atoms with E-state index >= 15 is 0 Å². The SMILES string of the molecule is CNC(=O)c1c(-c2ccc(C)cc2)oc2nc(CN(CCCCC(C(=O)O)S(C)(=O)=O)S(=O)[O-])c(C3CC3)cc12. The molecule has 40 heavy (non-hydrogen) atoms. The largest absolute Gasteiger partial charge is 0.760 e. The molecule has 13 heteroatoms. The fraction of sp³-hybridized carbons (Fsp3) is 0.444. The summed E-state index contributed by atoms with van der Waals surface area (Å²) in [6.45, 7) is 1.98. The van der Waals surface area contributed by atoms with Gasteiger partial charge in [0.2, 0.25) is 5.71 Å². The van der Waals surface area contributed by atoms with Crippen molar-refractivity contribution < 1.29 is 36.3 Å². The molecule has 2 N–H and O–H groups in total. The summed E-state index contributed by atoms with van der Waals surface area (Å²) >= 11 is -2.60. The number of hydrogen-bond donors (Lipinski definition) is 2. The number of aromatic nitrogens is 1. The normalized spacial score (nSPS) is 15.3. The first kappa shape index (κ1) is 29.8. The lowest BCUT2D eigenvalue weighted by Crippen LogP contribution is -2.30. The van der Waals surface area contributed by atoms with Gasteiger partial charge in [0.1, 0.15) is 5.76 Å². The number of carboxylic acid groups (broad SMARTS) is 1. The Bertz CT molecular complexity index is 1550. The molecule has 2 unspecified atom stereocenters. The van der Waals surface area contributed by atoms with Crippen LogP contribution in [0.5, 0.6) is 0 Å². The smallest absolute Gasteiger partial charge is 0.321 e. The first-order valence-electron chi connectivity index (χ1n) is 12.9. The molecule has 2 aromatic heterocycles. The van der Waals surface area contributed by atoms with Gasteiger partial charge in [0.05, 0.1) is 23.2 Å². The fourth-order valence-corrected chi connectivity index (χ4v) is 6.19. The lowest BCUT2D eigenvalue weighted by atomic mass is 10.0. The minimum Gasteiger partial charge on any atom is -0.760 e. The molecular formula is C27H32N3O8S2-. The van der Waals surface area contributed by atoms with Crippen molar-refractivity contribution in [1.29, 1.82) is 0 Å². The average Bonchev–Trinajstić information content (AvgIpc) is 3.66. The monoisotopic (exact) mass is 590 g/mol. The van der Waals surface area contributed by atoms with E-state index in [4.69, 9.17) is 9.40 Å². The van der Waals surface area contributed by atoms with Gasteiger partial charge in [0.15, 0.2) is 15.1 Å². The Morgan fingerprint density at radius 1 is 1.25 bits per heavy atom. The predicted octanol–water partition coefficient (Wildman–Crippen LogP) is 3.30. The number of carbonyl (C=O) groups is 2.